The first-order valence-electron chi connectivity index (χ1n) is 7.36. The van der Waals surface area contributed by atoms with E-state index >= 15 is 0 Å². The van der Waals surface area contributed by atoms with Crippen molar-refractivity contribution in [2.75, 3.05) is 7.11 Å². The van der Waals surface area contributed by atoms with Crippen LogP contribution in [0.4, 0.5) is 0 Å². The molecule has 2 rings (SSSR count). The van der Waals surface area contributed by atoms with Crippen LogP contribution in [0.5, 0.6) is 0 Å². The molecule has 1 saturated carbocycles. The van der Waals surface area contributed by atoms with Gasteiger partial charge in [0.25, 0.3) is 0 Å². The van der Waals surface area contributed by atoms with Crippen LogP contribution in [0, 0.1) is 19.8 Å². The normalized spacial score (nSPS) is 22.6. The molecule has 0 amide bonds. The molecule has 0 atom stereocenters. The van der Waals surface area contributed by atoms with E-state index in [1.54, 1.807) is 0 Å². The minimum Gasteiger partial charge on any atom is -0.469 e. The molecule has 0 saturated heterocycles. The van der Waals surface area contributed by atoms with Crippen LogP contribution < -0.4 is 0 Å². The first-order valence-corrected chi connectivity index (χ1v) is 7.36. The van der Waals surface area contributed by atoms with Gasteiger partial charge < -0.3 is 9.47 Å². The highest BCUT2D eigenvalue weighted by molar-refractivity contribution is 5.72. The summed E-state index contributed by atoms with van der Waals surface area (Å²) in [6.45, 7) is 4.92. The molecule has 1 aromatic rings. The van der Waals surface area contributed by atoms with Gasteiger partial charge in [-0.15, -0.1) is 0 Å². The van der Waals surface area contributed by atoms with Crippen LogP contribution in [0.2, 0.25) is 0 Å². The zero-order valence-corrected chi connectivity index (χ0v) is 12.6. The second-order valence-electron chi connectivity index (χ2n) is 5.68. The second kappa shape index (κ2) is 6.89. The van der Waals surface area contributed by atoms with Crippen LogP contribution in [-0.4, -0.2) is 19.2 Å². The third-order valence-corrected chi connectivity index (χ3v) is 4.32. The van der Waals surface area contributed by atoms with Gasteiger partial charge in [0.2, 0.25) is 0 Å². The number of benzene rings is 1. The monoisotopic (exact) mass is 276 g/mol. The Morgan fingerprint density at radius 2 is 1.75 bits per heavy atom. The third kappa shape index (κ3) is 3.60. The van der Waals surface area contributed by atoms with Gasteiger partial charge >= 0.3 is 5.97 Å². The molecule has 110 valence electrons. The Morgan fingerprint density at radius 3 is 2.30 bits per heavy atom. The van der Waals surface area contributed by atoms with Crippen molar-refractivity contribution in [2.24, 2.45) is 5.92 Å². The summed E-state index contributed by atoms with van der Waals surface area (Å²) in [5.41, 5.74) is 3.86. The van der Waals surface area contributed by atoms with Crippen molar-refractivity contribution in [3.63, 3.8) is 0 Å². The van der Waals surface area contributed by atoms with Crippen LogP contribution >= 0.6 is 0 Å². The summed E-state index contributed by atoms with van der Waals surface area (Å²) in [6.07, 6.45) is 3.93. The quantitative estimate of drug-likeness (QED) is 0.789. The maximum absolute atomic E-state index is 11.5. The van der Waals surface area contributed by atoms with E-state index in [2.05, 4.69) is 32.0 Å². The van der Waals surface area contributed by atoms with E-state index in [9.17, 15) is 4.79 Å². The lowest BCUT2D eigenvalue weighted by molar-refractivity contribution is -0.147. The van der Waals surface area contributed by atoms with Crippen molar-refractivity contribution >= 4 is 5.97 Å². The van der Waals surface area contributed by atoms with E-state index in [1.165, 1.54) is 23.8 Å². The summed E-state index contributed by atoms with van der Waals surface area (Å²) in [5.74, 6) is -0.00162. The molecule has 1 aliphatic rings. The highest BCUT2D eigenvalue weighted by Gasteiger charge is 2.27. The Labute approximate surface area is 121 Å². The van der Waals surface area contributed by atoms with E-state index in [4.69, 9.17) is 9.47 Å². The van der Waals surface area contributed by atoms with Gasteiger partial charge in [0.15, 0.2) is 0 Å². The van der Waals surface area contributed by atoms with Crippen LogP contribution in [0.1, 0.15) is 42.4 Å². The van der Waals surface area contributed by atoms with Crippen LogP contribution in [-0.2, 0) is 20.9 Å². The van der Waals surface area contributed by atoms with E-state index in [1.807, 2.05) is 0 Å². The predicted octanol–water partition coefficient (Wildman–Crippen LogP) is 3.55. The number of hydrogen-bond donors (Lipinski definition) is 0. The molecule has 3 heteroatoms. The SMILES string of the molecule is COC(=O)C1CCC(OCc2c(C)cccc2C)CC1. The number of carbonyl (C=O) groups is 1. The molecule has 0 radical (unpaired) electrons. The summed E-state index contributed by atoms with van der Waals surface area (Å²) >= 11 is 0. The number of carbonyl (C=O) groups excluding carboxylic acids is 1. The third-order valence-electron chi connectivity index (χ3n) is 4.32. The Balaban J connectivity index is 1.83. The number of hydrogen-bond acceptors (Lipinski definition) is 3. The summed E-state index contributed by atoms with van der Waals surface area (Å²) in [5, 5.41) is 0. The highest BCUT2D eigenvalue weighted by atomic mass is 16.5. The van der Waals surface area contributed by atoms with Gasteiger partial charge in [0, 0.05) is 0 Å². The van der Waals surface area contributed by atoms with Crippen molar-refractivity contribution in [3.05, 3.63) is 34.9 Å². The fraction of sp³-hybridized carbons (Fsp3) is 0.588. The van der Waals surface area contributed by atoms with Crippen molar-refractivity contribution in [2.45, 2.75) is 52.2 Å². The first kappa shape index (κ1) is 15.0. The fourth-order valence-corrected chi connectivity index (χ4v) is 2.91. The molecule has 1 fully saturated rings. The molecule has 0 spiro atoms. The minimum absolute atomic E-state index is 0.0695. The molecule has 0 bridgehead atoms. The standard InChI is InChI=1S/C17H24O3/c1-12-5-4-6-13(2)16(12)11-20-15-9-7-14(8-10-15)17(18)19-3/h4-6,14-15H,7-11H2,1-3H3. The average Bonchev–Trinajstić information content (AvgIpc) is 2.46. The van der Waals surface area contributed by atoms with Crippen molar-refractivity contribution in [1.29, 1.82) is 0 Å². The summed E-state index contributed by atoms with van der Waals surface area (Å²) < 4.78 is 10.8. The van der Waals surface area contributed by atoms with Gasteiger partial charge in [-0.3, -0.25) is 4.79 Å². The first-order chi connectivity index (χ1) is 9.61. The fourth-order valence-electron chi connectivity index (χ4n) is 2.91. The predicted molar refractivity (Wildman–Crippen MR) is 78.5 cm³/mol. The Hall–Kier alpha value is -1.35. The number of esters is 1. The van der Waals surface area contributed by atoms with E-state index in [0.717, 1.165) is 25.7 Å². The molecule has 20 heavy (non-hydrogen) atoms. The smallest absolute Gasteiger partial charge is 0.308 e. The Bertz CT molecular complexity index is 439. The maximum Gasteiger partial charge on any atom is 0.308 e. The molecule has 1 aliphatic carbocycles. The van der Waals surface area contributed by atoms with Gasteiger partial charge in [0.1, 0.15) is 0 Å². The number of aryl methyl sites for hydroxylation is 2. The number of ether oxygens (including phenoxy) is 2. The van der Waals surface area contributed by atoms with Crippen molar-refractivity contribution in [3.8, 4) is 0 Å². The topological polar surface area (TPSA) is 35.5 Å². The minimum atomic E-state index is -0.0711. The number of methoxy groups -OCH3 is 1. The van der Waals surface area contributed by atoms with Gasteiger partial charge in [-0.2, -0.15) is 0 Å². The van der Waals surface area contributed by atoms with Gasteiger partial charge in [-0.05, 0) is 56.2 Å². The zero-order valence-electron chi connectivity index (χ0n) is 12.6. The molecule has 0 N–H and O–H groups in total. The molecule has 3 nitrogen and oxygen atoms in total. The van der Waals surface area contributed by atoms with Gasteiger partial charge in [0.05, 0.1) is 25.7 Å². The molecule has 0 aromatic heterocycles. The van der Waals surface area contributed by atoms with E-state index < -0.39 is 0 Å². The molecule has 0 aliphatic heterocycles. The summed E-state index contributed by atoms with van der Waals surface area (Å²) in [7, 11) is 1.46. The molecule has 0 heterocycles. The molecule has 1 aromatic carbocycles. The molecule has 0 unspecified atom stereocenters. The average molecular weight is 276 g/mol. The van der Waals surface area contributed by atoms with E-state index in [0.29, 0.717) is 6.61 Å². The largest absolute Gasteiger partial charge is 0.469 e. The Kier molecular flexibility index (Phi) is 5.18. The van der Waals surface area contributed by atoms with Crippen LogP contribution in [0.3, 0.4) is 0 Å². The zero-order chi connectivity index (χ0) is 14.5. The lowest BCUT2D eigenvalue weighted by Gasteiger charge is -2.27. The van der Waals surface area contributed by atoms with Crippen molar-refractivity contribution < 1.29 is 14.3 Å². The lowest BCUT2D eigenvalue weighted by atomic mass is 9.87. The summed E-state index contributed by atoms with van der Waals surface area (Å²) in [4.78, 5) is 11.5. The summed E-state index contributed by atoms with van der Waals surface area (Å²) in [6, 6.07) is 6.33. The molecular weight excluding hydrogens is 252 g/mol. The Morgan fingerprint density at radius 1 is 1.15 bits per heavy atom. The lowest BCUT2D eigenvalue weighted by Crippen LogP contribution is -2.27. The molecular formula is C17H24O3. The van der Waals surface area contributed by atoms with Crippen LogP contribution in [0.15, 0.2) is 18.2 Å². The van der Waals surface area contributed by atoms with Crippen molar-refractivity contribution in [1.82, 2.24) is 0 Å². The van der Waals surface area contributed by atoms with Crippen LogP contribution in [0.25, 0.3) is 0 Å². The second-order valence-corrected chi connectivity index (χ2v) is 5.68. The highest BCUT2D eigenvalue weighted by Crippen LogP contribution is 2.28. The number of rotatable bonds is 4. The van der Waals surface area contributed by atoms with E-state index in [-0.39, 0.29) is 18.0 Å². The van der Waals surface area contributed by atoms with Gasteiger partial charge in [-0.25, -0.2) is 0 Å². The maximum atomic E-state index is 11.5. The van der Waals surface area contributed by atoms with Gasteiger partial charge in [-0.1, -0.05) is 18.2 Å².